The van der Waals surface area contributed by atoms with Crippen LogP contribution in [-0.4, -0.2) is 24.8 Å². The molecule has 0 aliphatic rings. The minimum absolute atomic E-state index is 0.287. The second-order valence-corrected chi connectivity index (χ2v) is 14.0. The van der Waals surface area contributed by atoms with E-state index >= 15 is 0 Å². The first-order valence-electron chi connectivity index (χ1n) is 12.7. The number of benzene rings is 4. The lowest BCUT2D eigenvalue weighted by molar-refractivity contribution is 0.587. The molecule has 4 aromatic carbocycles. The molecule has 2 aromatic heterocycles. The standard InChI is InChI=1S/C17H15NO2S.C15H12BrNO2S/c1-3-14-5-4-6-17-16(14)11-12-18(17)21(19,20)15-9-7-13(2)8-10-15;1-11-5-7-12(8-6-11)20(18,19)17-10-9-13-14(16)3-2-4-15(13)17/h3-12H,1H2,2H3;2-10H,1H3. The first-order chi connectivity index (χ1) is 19.5. The molecule has 9 heteroatoms. The number of hydrogen-bond donors (Lipinski definition) is 0. The third-order valence-electron chi connectivity index (χ3n) is 6.75. The molecule has 0 atom stereocenters. The van der Waals surface area contributed by atoms with Crippen LogP contribution >= 0.6 is 15.9 Å². The molecule has 0 bridgehead atoms. The molecule has 0 spiro atoms. The zero-order valence-electron chi connectivity index (χ0n) is 22.4. The quantitative estimate of drug-likeness (QED) is 0.192. The normalized spacial score (nSPS) is 11.8. The Morgan fingerprint density at radius 1 is 0.610 bits per heavy atom. The smallest absolute Gasteiger partial charge is 0.241 e. The Labute approximate surface area is 248 Å². The van der Waals surface area contributed by atoms with Gasteiger partial charge in [-0.05, 0) is 74.0 Å². The van der Waals surface area contributed by atoms with E-state index in [1.165, 1.54) is 7.94 Å². The molecule has 0 radical (unpaired) electrons. The van der Waals surface area contributed by atoms with E-state index in [1.54, 1.807) is 91.3 Å². The lowest BCUT2D eigenvalue weighted by atomic mass is 10.1. The molecule has 6 rings (SSSR count). The Balaban J connectivity index is 0.000000165. The van der Waals surface area contributed by atoms with Crippen LogP contribution in [0, 0.1) is 13.8 Å². The van der Waals surface area contributed by atoms with E-state index in [9.17, 15) is 16.8 Å². The summed E-state index contributed by atoms with van der Waals surface area (Å²) in [6, 6.07) is 28.4. The molecule has 41 heavy (non-hydrogen) atoms. The van der Waals surface area contributed by atoms with Crippen LogP contribution in [0.25, 0.3) is 27.9 Å². The number of nitrogens with zero attached hydrogens (tertiary/aromatic N) is 2. The van der Waals surface area contributed by atoms with E-state index in [1.807, 2.05) is 38.1 Å². The van der Waals surface area contributed by atoms with Crippen LogP contribution in [0.2, 0.25) is 0 Å². The van der Waals surface area contributed by atoms with Crippen molar-refractivity contribution in [2.75, 3.05) is 0 Å². The van der Waals surface area contributed by atoms with Gasteiger partial charge in [0.25, 0.3) is 20.0 Å². The fourth-order valence-corrected chi connectivity index (χ4v) is 7.70. The van der Waals surface area contributed by atoms with Gasteiger partial charge in [-0.2, -0.15) is 0 Å². The van der Waals surface area contributed by atoms with Crippen molar-refractivity contribution in [2.24, 2.45) is 0 Å². The molecule has 0 unspecified atom stereocenters. The lowest BCUT2D eigenvalue weighted by Gasteiger charge is -2.08. The molecule has 208 valence electrons. The second kappa shape index (κ2) is 11.2. The Kier molecular flexibility index (Phi) is 7.78. The van der Waals surface area contributed by atoms with Crippen LogP contribution in [0.15, 0.2) is 130 Å². The van der Waals surface area contributed by atoms with Crippen molar-refractivity contribution < 1.29 is 16.8 Å². The highest BCUT2D eigenvalue weighted by Gasteiger charge is 2.20. The van der Waals surface area contributed by atoms with Gasteiger partial charge >= 0.3 is 0 Å². The molecular weight excluding hydrogens is 620 g/mol. The first kappa shape index (κ1) is 28.6. The average molecular weight is 648 g/mol. The molecule has 6 aromatic rings. The Bertz CT molecular complexity index is 2110. The zero-order chi connectivity index (χ0) is 29.4. The molecule has 0 saturated carbocycles. The zero-order valence-corrected chi connectivity index (χ0v) is 25.6. The van der Waals surface area contributed by atoms with Crippen LogP contribution < -0.4 is 0 Å². The van der Waals surface area contributed by atoms with Gasteiger partial charge in [0.1, 0.15) is 0 Å². The molecular formula is C32H27BrN2O4S2. The van der Waals surface area contributed by atoms with Crippen molar-refractivity contribution in [3.63, 3.8) is 0 Å². The molecule has 0 N–H and O–H groups in total. The summed E-state index contributed by atoms with van der Waals surface area (Å²) in [5.74, 6) is 0. The van der Waals surface area contributed by atoms with Gasteiger partial charge in [0.05, 0.1) is 20.8 Å². The summed E-state index contributed by atoms with van der Waals surface area (Å²) in [7, 11) is -7.14. The number of halogens is 1. The van der Waals surface area contributed by atoms with E-state index in [0.717, 1.165) is 31.9 Å². The largest absolute Gasteiger partial charge is 0.268 e. The number of rotatable bonds is 5. The maximum Gasteiger partial charge on any atom is 0.268 e. The van der Waals surface area contributed by atoms with Gasteiger partial charge in [-0.25, -0.2) is 24.8 Å². The highest BCUT2D eigenvalue weighted by atomic mass is 79.9. The van der Waals surface area contributed by atoms with E-state index in [-0.39, 0.29) is 4.90 Å². The van der Waals surface area contributed by atoms with Crippen molar-refractivity contribution in [2.45, 2.75) is 23.6 Å². The third kappa shape index (κ3) is 5.40. The van der Waals surface area contributed by atoms with Crippen LogP contribution in [-0.2, 0) is 20.0 Å². The predicted octanol–water partition coefficient (Wildman–Crippen LogP) is 7.78. The molecule has 0 saturated heterocycles. The molecule has 0 fully saturated rings. The van der Waals surface area contributed by atoms with E-state index < -0.39 is 20.0 Å². The predicted molar refractivity (Wildman–Crippen MR) is 169 cm³/mol. The van der Waals surface area contributed by atoms with Crippen molar-refractivity contribution in [1.29, 1.82) is 0 Å². The molecule has 0 aliphatic carbocycles. The summed E-state index contributed by atoms with van der Waals surface area (Å²) in [6.45, 7) is 7.62. The number of fused-ring (bicyclic) bond motifs is 2. The average Bonchev–Trinajstić information content (AvgIpc) is 3.60. The Morgan fingerprint density at radius 2 is 1.05 bits per heavy atom. The highest BCUT2D eigenvalue weighted by molar-refractivity contribution is 9.10. The monoisotopic (exact) mass is 646 g/mol. The van der Waals surface area contributed by atoms with Crippen LogP contribution in [0.1, 0.15) is 16.7 Å². The molecule has 6 nitrogen and oxygen atoms in total. The van der Waals surface area contributed by atoms with Crippen molar-refractivity contribution >= 4 is 63.9 Å². The Morgan fingerprint density at radius 3 is 1.54 bits per heavy atom. The molecule has 0 aliphatic heterocycles. The summed E-state index contributed by atoms with van der Waals surface area (Å²) < 4.78 is 54.4. The summed E-state index contributed by atoms with van der Waals surface area (Å²) in [5.41, 5.74) is 4.31. The lowest BCUT2D eigenvalue weighted by Crippen LogP contribution is -2.11. The summed E-state index contributed by atoms with van der Waals surface area (Å²) in [5, 5.41) is 1.76. The van der Waals surface area contributed by atoms with Crippen LogP contribution in [0.4, 0.5) is 0 Å². The third-order valence-corrected chi connectivity index (χ3v) is 10.9. The SMILES string of the molecule is C=Cc1cccc2c1ccn2S(=O)(=O)c1ccc(C)cc1.Cc1ccc(S(=O)(=O)n2ccc3c(Br)cccc32)cc1. The van der Waals surface area contributed by atoms with E-state index in [4.69, 9.17) is 0 Å². The summed E-state index contributed by atoms with van der Waals surface area (Å²) in [6.07, 6.45) is 4.91. The molecule has 0 amide bonds. The van der Waals surface area contributed by atoms with Crippen LogP contribution in [0.3, 0.4) is 0 Å². The van der Waals surface area contributed by atoms with E-state index in [2.05, 4.69) is 22.5 Å². The maximum atomic E-state index is 12.8. The van der Waals surface area contributed by atoms with Gasteiger partial charge in [-0.3, -0.25) is 0 Å². The van der Waals surface area contributed by atoms with Crippen LogP contribution in [0.5, 0.6) is 0 Å². The second-order valence-electron chi connectivity index (χ2n) is 9.52. The van der Waals surface area contributed by atoms with Gasteiger partial charge in [0.15, 0.2) is 0 Å². The minimum atomic E-state index is -3.58. The fourth-order valence-electron chi connectivity index (χ4n) is 4.52. The van der Waals surface area contributed by atoms with Crippen molar-refractivity contribution in [3.05, 3.63) is 137 Å². The first-order valence-corrected chi connectivity index (χ1v) is 16.3. The Hall–Kier alpha value is -3.92. The molecule has 2 heterocycles. The fraction of sp³-hybridized carbons (Fsp3) is 0.0625. The number of aromatic nitrogens is 2. The maximum absolute atomic E-state index is 12.8. The summed E-state index contributed by atoms with van der Waals surface area (Å²) in [4.78, 5) is 0.579. The van der Waals surface area contributed by atoms with Gasteiger partial charge in [0, 0.05) is 27.6 Å². The van der Waals surface area contributed by atoms with Crippen molar-refractivity contribution in [1.82, 2.24) is 7.94 Å². The topological polar surface area (TPSA) is 78.1 Å². The summed E-state index contributed by atoms with van der Waals surface area (Å²) >= 11 is 3.43. The van der Waals surface area contributed by atoms with Crippen molar-refractivity contribution in [3.8, 4) is 0 Å². The van der Waals surface area contributed by atoms with Gasteiger partial charge in [0.2, 0.25) is 0 Å². The number of aryl methyl sites for hydroxylation is 2. The minimum Gasteiger partial charge on any atom is -0.241 e. The van der Waals surface area contributed by atoms with Gasteiger partial charge in [-0.15, -0.1) is 0 Å². The highest BCUT2D eigenvalue weighted by Crippen LogP contribution is 2.28. The van der Waals surface area contributed by atoms with Gasteiger partial charge in [-0.1, -0.05) is 82.2 Å². The van der Waals surface area contributed by atoms with Gasteiger partial charge < -0.3 is 0 Å². The number of hydrogen-bond acceptors (Lipinski definition) is 4. The van der Waals surface area contributed by atoms with E-state index in [0.29, 0.717) is 15.9 Å².